The van der Waals surface area contributed by atoms with Crippen molar-refractivity contribution in [3.8, 4) is 44.5 Å². The Hall–Kier alpha value is -3.97. The number of hydrogen-bond donors (Lipinski definition) is 0. The third kappa shape index (κ3) is 3.06. The zero-order valence-corrected chi connectivity index (χ0v) is 17.6. The summed E-state index contributed by atoms with van der Waals surface area (Å²) in [4.78, 5) is 0. The monoisotopic (exact) mass is 412 g/mol. The van der Waals surface area contributed by atoms with Crippen molar-refractivity contribution in [3.63, 3.8) is 0 Å². The lowest BCUT2D eigenvalue weighted by Crippen LogP contribution is -1.97. The molecule has 0 saturated heterocycles. The molecule has 0 radical (unpaired) electrons. The van der Waals surface area contributed by atoms with Gasteiger partial charge in [0.2, 0.25) is 0 Å². The van der Waals surface area contributed by atoms with Gasteiger partial charge in [0.05, 0.1) is 0 Å². The topological polar surface area (TPSA) is 0 Å². The molecule has 1 aliphatic rings. The number of hydrogen-bond acceptors (Lipinski definition) is 0. The van der Waals surface area contributed by atoms with E-state index in [0.717, 1.165) is 17.5 Å². The summed E-state index contributed by atoms with van der Waals surface area (Å²) in [6.45, 7) is 0. The van der Waals surface area contributed by atoms with Gasteiger partial charge in [-0.15, -0.1) is 0 Å². The molecule has 5 aromatic rings. The van der Waals surface area contributed by atoms with Crippen LogP contribution in [0.2, 0.25) is 0 Å². The molecule has 0 N–H and O–H groups in total. The maximum Gasteiger partial charge on any atom is 0.123 e. The SMILES string of the molecule is Fc1ccc(-c2cc3c(c(-c4ccccc4)c2-c2ccccc2)Cc2ccccc2-3)cc1. The van der Waals surface area contributed by atoms with Gasteiger partial charge in [-0.05, 0) is 80.3 Å². The predicted octanol–water partition coefficient (Wildman–Crippen LogP) is 8.40. The van der Waals surface area contributed by atoms with Crippen molar-refractivity contribution in [1.29, 1.82) is 0 Å². The van der Waals surface area contributed by atoms with E-state index in [9.17, 15) is 4.39 Å². The van der Waals surface area contributed by atoms with E-state index >= 15 is 0 Å². The molecule has 0 amide bonds. The second kappa shape index (κ2) is 7.62. The van der Waals surface area contributed by atoms with E-state index < -0.39 is 0 Å². The first-order valence-electron chi connectivity index (χ1n) is 10.9. The van der Waals surface area contributed by atoms with Crippen LogP contribution < -0.4 is 0 Å². The van der Waals surface area contributed by atoms with Crippen molar-refractivity contribution in [2.45, 2.75) is 6.42 Å². The summed E-state index contributed by atoms with van der Waals surface area (Å²) < 4.78 is 13.8. The van der Waals surface area contributed by atoms with Crippen LogP contribution in [-0.2, 0) is 6.42 Å². The van der Waals surface area contributed by atoms with Gasteiger partial charge in [-0.1, -0.05) is 97.1 Å². The van der Waals surface area contributed by atoms with Gasteiger partial charge in [0.15, 0.2) is 0 Å². The highest BCUT2D eigenvalue weighted by Gasteiger charge is 2.27. The zero-order chi connectivity index (χ0) is 21.5. The first kappa shape index (κ1) is 18.8. The molecule has 1 aliphatic carbocycles. The van der Waals surface area contributed by atoms with Crippen molar-refractivity contribution < 1.29 is 4.39 Å². The molecule has 1 heteroatoms. The zero-order valence-electron chi connectivity index (χ0n) is 17.6. The van der Waals surface area contributed by atoms with Crippen LogP contribution in [0.15, 0.2) is 115 Å². The molecule has 0 atom stereocenters. The predicted molar refractivity (Wildman–Crippen MR) is 131 cm³/mol. The summed E-state index contributed by atoms with van der Waals surface area (Å²) in [6.07, 6.45) is 0.916. The van der Waals surface area contributed by atoms with Crippen LogP contribution in [0.25, 0.3) is 44.5 Å². The summed E-state index contributed by atoms with van der Waals surface area (Å²) in [5.41, 5.74) is 12.3. The number of halogens is 1. The largest absolute Gasteiger partial charge is 0.207 e. The first-order valence-corrected chi connectivity index (χ1v) is 10.9. The van der Waals surface area contributed by atoms with E-state index in [4.69, 9.17) is 0 Å². The third-order valence-electron chi connectivity index (χ3n) is 6.39. The molecule has 0 spiro atoms. The number of fused-ring (bicyclic) bond motifs is 3. The molecule has 0 nitrogen and oxygen atoms in total. The van der Waals surface area contributed by atoms with Crippen molar-refractivity contribution in [2.75, 3.05) is 0 Å². The molecule has 0 bridgehead atoms. The quantitative estimate of drug-likeness (QED) is 0.274. The summed E-state index contributed by atoms with van der Waals surface area (Å²) in [5.74, 6) is -0.218. The van der Waals surface area contributed by atoms with Gasteiger partial charge < -0.3 is 0 Å². The fourth-order valence-corrected chi connectivity index (χ4v) is 4.96. The summed E-state index contributed by atoms with van der Waals surface area (Å²) in [7, 11) is 0. The van der Waals surface area contributed by atoms with Gasteiger partial charge in [0, 0.05) is 0 Å². The highest BCUT2D eigenvalue weighted by molar-refractivity contribution is 6.01. The lowest BCUT2D eigenvalue weighted by Gasteiger charge is -2.21. The minimum Gasteiger partial charge on any atom is -0.207 e. The Morgan fingerprint density at radius 1 is 0.469 bits per heavy atom. The average molecular weight is 413 g/mol. The molecule has 6 rings (SSSR count). The molecule has 0 saturated carbocycles. The van der Waals surface area contributed by atoms with E-state index in [1.807, 2.05) is 18.2 Å². The van der Waals surface area contributed by atoms with Crippen LogP contribution in [-0.4, -0.2) is 0 Å². The lowest BCUT2D eigenvalue weighted by atomic mass is 9.82. The highest BCUT2D eigenvalue weighted by Crippen LogP contribution is 2.50. The molecule has 0 aliphatic heterocycles. The van der Waals surface area contributed by atoms with E-state index in [0.29, 0.717) is 0 Å². The van der Waals surface area contributed by atoms with E-state index in [1.165, 1.54) is 44.5 Å². The minimum absolute atomic E-state index is 0.218. The van der Waals surface area contributed by atoms with E-state index in [2.05, 4.69) is 84.9 Å². The van der Waals surface area contributed by atoms with Crippen molar-refractivity contribution >= 4 is 0 Å². The Morgan fingerprint density at radius 2 is 1.06 bits per heavy atom. The number of rotatable bonds is 3. The van der Waals surface area contributed by atoms with Gasteiger partial charge in [0.1, 0.15) is 5.82 Å². The Kier molecular flexibility index (Phi) is 4.47. The molecule has 0 heterocycles. The van der Waals surface area contributed by atoms with Crippen LogP contribution >= 0.6 is 0 Å². The van der Waals surface area contributed by atoms with Crippen LogP contribution in [0.5, 0.6) is 0 Å². The van der Waals surface area contributed by atoms with Crippen LogP contribution in [0.3, 0.4) is 0 Å². The summed E-state index contributed by atoms with van der Waals surface area (Å²) >= 11 is 0. The van der Waals surface area contributed by atoms with Gasteiger partial charge in [-0.25, -0.2) is 4.39 Å². The molecule has 0 unspecified atom stereocenters. The standard InChI is InChI=1S/C31H21F/c32-25-17-15-21(16-18-25)27-20-28-26-14-8-7-13-24(26)19-29(28)31(23-11-5-2-6-12-23)30(27)22-9-3-1-4-10-22/h1-18,20H,19H2. The average Bonchev–Trinajstić information content (AvgIpc) is 3.23. The van der Waals surface area contributed by atoms with Gasteiger partial charge in [-0.2, -0.15) is 0 Å². The van der Waals surface area contributed by atoms with E-state index in [-0.39, 0.29) is 5.82 Å². The van der Waals surface area contributed by atoms with Crippen LogP contribution in [0.1, 0.15) is 11.1 Å². The van der Waals surface area contributed by atoms with Gasteiger partial charge in [-0.3, -0.25) is 0 Å². The maximum absolute atomic E-state index is 13.8. The van der Waals surface area contributed by atoms with Crippen LogP contribution in [0.4, 0.5) is 4.39 Å². The first-order chi connectivity index (χ1) is 15.8. The maximum atomic E-state index is 13.8. The van der Waals surface area contributed by atoms with Gasteiger partial charge in [0.25, 0.3) is 0 Å². The molecular formula is C31H21F. The summed E-state index contributed by atoms with van der Waals surface area (Å²) in [6, 6.07) is 39.1. The fourth-order valence-electron chi connectivity index (χ4n) is 4.96. The molecular weight excluding hydrogens is 391 g/mol. The number of benzene rings is 5. The third-order valence-corrected chi connectivity index (χ3v) is 6.39. The summed E-state index contributed by atoms with van der Waals surface area (Å²) in [5, 5.41) is 0. The Labute approximate surface area is 187 Å². The second-order valence-electron chi connectivity index (χ2n) is 8.27. The smallest absolute Gasteiger partial charge is 0.123 e. The van der Waals surface area contributed by atoms with Crippen molar-refractivity contribution in [2.24, 2.45) is 0 Å². The van der Waals surface area contributed by atoms with Gasteiger partial charge >= 0.3 is 0 Å². The lowest BCUT2D eigenvalue weighted by molar-refractivity contribution is 0.628. The highest BCUT2D eigenvalue weighted by atomic mass is 19.1. The minimum atomic E-state index is -0.218. The normalized spacial score (nSPS) is 11.8. The molecule has 32 heavy (non-hydrogen) atoms. The van der Waals surface area contributed by atoms with Crippen molar-refractivity contribution in [3.05, 3.63) is 132 Å². The Bertz CT molecular complexity index is 1420. The fraction of sp³-hybridized carbons (Fsp3) is 0.0323. The molecule has 0 aromatic heterocycles. The molecule has 5 aromatic carbocycles. The van der Waals surface area contributed by atoms with E-state index in [1.54, 1.807) is 12.1 Å². The molecule has 152 valence electrons. The second-order valence-corrected chi connectivity index (χ2v) is 8.27. The Morgan fingerprint density at radius 3 is 1.75 bits per heavy atom. The Balaban J connectivity index is 1.76. The van der Waals surface area contributed by atoms with Crippen LogP contribution in [0, 0.1) is 5.82 Å². The molecule has 0 fully saturated rings. The van der Waals surface area contributed by atoms with Crippen molar-refractivity contribution in [1.82, 2.24) is 0 Å².